The molecule has 0 saturated carbocycles. The molecule has 0 aliphatic heterocycles. The summed E-state index contributed by atoms with van der Waals surface area (Å²) in [6.07, 6.45) is -0.199. The lowest BCUT2D eigenvalue weighted by Crippen LogP contribution is -2.41. The van der Waals surface area contributed by atoms with Crippen LogP contribution in [0.25, 0.3) is 0 Å². The molecule has 3 aromatic carbocycles. The molecule has 0 aliphatic rings. The zero-order chi connectivity index (χ0) is 26.5. The molecular formula is C28H33N3O6. The lowest BCUT2D eigenvalue weighted by atomic mass is 10.1. The quantitative estimate of drug-likeness (QED) is 0.224. The van der Waals surface area contributed by atoms with E-state index in [1.54, 1.807) is 43.3 Å². The van der Waals surface area contributed by atoms with Crippen molar-refractivity contribution in [3.05, 3.63) is 90.0 Å². The number of rotatable bonds is 13. The lowest BCUT2D eigenvalue weighted by molar-refractivity contribution is 0.0527. The third-order valence-corrected chi connectivity index (χ3v) is 5.41. The van der Waals surface area contributed by atoms with E-state index < -0.39 is 18.1 Å². The van der Waals surface area contributed by atoms with Gasteiger partial charge in [-0.25, -0.2) is 9.59 Å². The van der Waals surface area contributed by atoms with Gasteiger partial charge in [0.2, 0.25) is 0 Å². The fraction of sp³-hybridized carbons (Fsp3) is 0.286. The molecule has 5 N–H and O–H groups in total. The van der Waals surface area contributed by atoms with E-state index in [-0.39, 0.29) is 38.0 Å². The van der Waals surface area contributed by atoms with Crippen molar-refractivity contribution in [1.29, 1.82) is 0 Å². The first-order valence-corrected chi connectivity index (χ1v) is 12.1. The normalized spacial score (nSPS) is 12.3. The maximum absolute atomic E-state index is 12.5. The summed E-state index contributed by atoms with van der Waals surface area (Å²) in [5, 5.41) is 28.5. The third-order valence-electron chi connectivity index (χ3n) is 5.41. The average Bonchev–Trinajstić information content (AvgIpc) is 2.91. The highest BCUT2D eigenvalue weighted by atomic mass is 16.5. The maximum Gasteiger partial charge on any atom is 0.340 e. The van der Waals surface area contributed by atoms with Gasteiger partial charge in [0.15, 0.2) is 0 Å². The van der Waals surface area contributed by atoms with Crippen molar-refractivity contribution in [2.75, 3.05) is 37.0 Å². The zero-order valence-corrected chi connectivity index (χ0v) is 20.7. The summed E-state index contributed by atoms with van der Waals surface area (Å²) in [6, 6.07) is 22.3. The molecule has 9 nitrogen and oxygen atoms in total. The van der Waals surface area contributed by atoms with E-state index in [4.69, 9.17) is 9.47 Å². The smallest absolute Gasteiger partial charge is 0.340 e. The topological polar surface area (TPSA) is 129 Å². The van der Waals surface area contributed by atoms with Crippen molar-refractivity contribution in [3.63, 3.8) is 0 Å². The van der Waals surface area contributed by atoms with Crippen molar-refractivity contribution in [1.82, 2.24) is 5.32 Å². The largest absolute Gasteiger partial charge is 0.491 e. The van der Waals surface area contributed by atoms with Crippen LogP contribution >= 0.6 is 0 Å². The third kappa shape index (κ3) is 9.23. The number of carbonyl (C=O) groups excluding carboxylic acids is 2. The zero-order valence-electron chi connectivity index (χ0n) is 20.7. The molecule has 9 heteroatoms. The molecule has 0 radical (unpaired) electrons. The van der Waals surface area contributed by atoms with E-state index in [9.17, 15) is 19.8 Å². The first-order chi connectivity index (χ1) is 18.0. The number of anilines is 2. The summed E-state index contributed by atoms with van der Waals surface area (Å²) < 4.78 is 10.6. The van der Waals surface area contributed by atoms with E-state index in [1.165, 1.54) is 0 Å². The molecule has 196 valence electrons. The van der Waals surface area contributed by atoms with Gasteiger partial charge in [-0.05, 0) is 55.3 Å². The first kappa shape index (κ1) is 27.7. The van der Waals surface area contributed by atoms with Crippen molar-refractivity contribution in [2.24, 2.45) is 0 Å². The van der Waals surface area contributed by atoms with Crippen LogP contribution in [-0.2, 0) is 11.2 Å². The summed E-state index contributed by atoms with van der Waals surface area (Å²) in [5.74, 6) is 0.178. The molecule has 0 heterocycles. The second-order valence-corrected chi connectivity index (χ2v) is 8.31. The number of aliphatic hydroxyl groups excluding tert-OH is 2. The number of nitrogens with one attached hydrogen (secondary N) is 3. The van der Waals surface area contributed by atoms with Crippen LogP contribution in [0.3, 0.4) is 0 Å². The number of aliphatic hydroxyl groups is 2. The van der Waals surface area contributed by atoms with Gasteiger partial charge in [-0.2, -0.15) is 0 Å². The van der Waals surface area contributed by atoms with Crippen molar-refractivity contribution in [2.45, 2.75) is 25.5 Å². The number of ether oxygens (including phenoxy) is 2. The van der Waals surface area contributed by atoms with Gasteiger partial charge in [0.25, 0.3) is 0 Å². The number of amides is 2. The Bertz CT molecular complexity index is 1120. The van der Waals surface area contributed by atoms with Crippen LogP contribution in [0.15, 0.2) is 78.9 Å². The summed E-state index contributed by atoms with van der Waals surface area (Å²) in [4.78, 5) is 24.6. The van der Waals surface area contributed by atoms with Crippen molar-refractivity contribution < 1.29 is 29.3 Å². The molecule has 3 rings (SSSR count). The van der Waals surface area contributed by atoms with E-state index in [0.29, 0.717) is 23.5 Å². The molecule has 0 bridgehead atoms. The van der Waals surface area contributed by atoms with Crippen LogP contribution in [-0.4, -0.2) is 60.7 Å². The molecule has 0 spiro atoms. The Morgan fingerprint density at radius 1 is 0.919 bits per heavy atom. The average molecular weight is 508 g/mol. The molecule has 0 aromatic heterocycles. The number of urea groups is 1. The fourth-order valence-electron chi connectivity index (χ4n) is 3.54. The number of carbonyl (C=O) groups is 2. The molecule has 0 aliphatic carbocycles. The van der Waals surface area contributed by atoms with Gasteiger partial charge in [0.1, 0.15) is 18.5 Å². The Kier molecular flexibility index (Phi) is 10.9. The van der Waals surface area contributed by atoms with E-state index in [2.05, 4.69) is 16.0 Å². The van der Waals surface area contributed by atoms with Gasteiger partial charge in [-0.1, -0.05) is 42.5 Å². The Morgan fingerprint density at radius 3 is 2.32 bits per heavy atom. The monoisotopic (exact) mass is 507 g/mol. The van der Waals surface area contributed by atoms with Gasteiger partial charge >= 0.3 is 12.0 Å². The second kappa shape index (κ2) is 14.6. The Labute approximate surface area is 216 Å². The number of benzene rings is 3. The van der Waals surface area contributed by atoms with E-state index in [0.717, 1.165) is 5.56 Å². The summed E-state index contributed by atoms with van der Waals surface area (Å²) >= 11 is 0. The summed E-state index contributed by atoms with van der Waals surface area (Å²) in [6.45, 7) is 2.26. The van der Waals surface area contributed by atoms with Crippen molar-refractivity contribution >= 4 is 23.4 Å². The highest BCUT2D eigenvalue weighted by Crippen LogP contribution is 2.18. The predicted molar refractivity (Wildman–Crippen MR) is 142 cm³/mol. The SMILES string of the molecule is CCOC(=O)c1ccccc1NC(=O)Nc1ccc(C[C@@H](CO)NC[C@H](O)COc2ccccc2)cc1. The van der Waals surface area contributed by atoms with E-state index >= 15 is 0 Å². The maximum atomic E-state index is 12.5. The molecule has 0 saturated heterocycles. The van der Waals surface area contributed by atoms with Crippen LogP contribution < -0.4 is 20.7 Å². The van der Waals surface area contributed by atoms with Gasteiger partial charge < -0.3 is 35.6 Å². The van der Waals surface area contributed by atoms with Crippen LogP contribution in [0.4, 0.5) is 16.2 Å². The van der Waals surface area contributed by atoms with Gasteiger partial charge in [-0.3, -0.25) is 0 Å². The molecule has 37 heavy (non-hydrogen) atoms. The lowest BCUT2D eigenvalue weighted by Gasteiger charge is -2.19. The molecule has 0 unspecified atom stereocenters. The standard InChI is InChI=1S/C28H33N3O6/c1-2-36-27(34)25-10-6-7-11-26(25)31-28(35)30-21-14-12-20(13-15-21)16-22(18-32)29-17-23(33)19-37-24-8-4-3-5-9-24/h3-15,22-23,29,32-33H,2,16-19H2,1H3,(H2,30,31,35)/t22-,23-/m0/s1. The number of hydrogen-bond donors (Lipinski definition) is 5. The van der Waals surface area contributed by atoms with Crippen LogP contribution in [0.2, 0.25) is 0 Å². The molecular weight excluding hydrogens is 474 g/mol. The second-order valence-electron chi connectivity index (χ2n) is 8.31. The summed E-state index contributed by atoms with van der Waals surface area (Å²) in [5.41, 5.74) is 2.13. The predicted octanol–water partition coefficient (Wildman–Crippen LogP) is 3.44. The minimum absolute atomic E-state index is 0.103. The van der Waals surface area contributed by atoms with Crippen LogP contribution in [0.1, 0.15) is 22.8 Å². The number of para-hydroxylation sites is 2. The van der Waals surface area contributed by atoms with Gasteiger partial charge in [0.05, 0.1) is 24.5 Å². The Morgan fingerprint density at radius 2 is 1.62 bits per heavy atom. The van der Waals surface area contributed by atoms with Crippen molar-refractivity contribution in [3.8, 4) is 5.75 Å². The molecule has 0 fully saturated rings. The Balaban J connectivity index is 1.46. The van der Waals surface area contributed by atoms with Crippen LogP contribution in [0.5, 0.6) is 5.75 Å². The molecule has 3 aromatic rings. The van der Waals surface area contributed by atoms with Crippen LogP contribution in [0, 0.1) is 0 Å². The number of hydrogen-bond acceptors (Lipinski definition) is 7. The van der Waals surface area contributed by atoms with E-state index in [1.807, 2.05) is 42.5 Å². The minimum Gasteiger partial charge on any atom is -0.491 e. The summed E-state index contributed by atoms with van der Waals surface area (Å²) in [7, 11) is 0. The number of esters is 1. The highest BCUT2D eigenvalue weighted by molar-refractivity contribution is 6.05. The van der Waals surface area contributed by atoms with Gasteiger partial charge in [-0.15, -0.1) is 0 Å². The van der Waals surface area contributed by atoms with Gasteiger partial charge in [0, 0.05) is 18.3 Å². The molecule has 2 amide bonds. The minimum atomic E-state index is -0.728. The Hall–Kier alpha value is -3.92. The first-order valence-electron chi connectivity index (χ1n) is 12.1. The highest BCUT2D eigenvalue weighted by Gasteiger charge is 2.15. The molecule has 2 atom stereocenters. The fourth-order valence-corrected chi connectivity index (χ4v) is 3.54.